The Balaban J connectivity index is 0.0000000999. The average Bonchev–Trinajstić information content (AvgIpc) is 1.60. The van der Waals surface area contributed by atoms with Gasteiger partial charge in [-0.3, -0.25) is 24.4 Å². The first-order valence-electron chi connectivity index (χ1n) is 37.0. The fourth-order valence-electron chi connectivity index (χ4n) is 15.2. The number of nitrogens with zero attached hydrogens (tertiary/aromatic N) is 21. The van der Waals surface area contributed by atoms with Crippen molar-refractivity contribution in [3.63, 3.8) is 0 Å². The van der Waals surface area contributed by atoms with Gasteiger partial charge in [0.1, 0.15) is 17.1 Å². The third-order valence-corrected chi connectivity index (χ3v) is 23.0. The summed E-state index contributed by atoms with van der Waals surface area (Å²) in [4.78, 5) is 65.7. The second kappa shape index (κ2) is 30.1. The number of hydrogen-bond donors (Lipinski definition) is 0. The van der Waals surface area contributed by atoms with Crippen LogP contribution in [-0.4, -0.2) is 163 Å². The van der Waals surface area contributed by atoms with Crippen LogP contribution in [0, 0.1) is 0 Å². The molecule has 24 nitrogen and oxygen atoms in total. The molecule has 0 atom stereocenters. The van der Waals surface area contributed by atoms with Crippen LogP contribution in [0.4, 0.5) is 0 Å². The lowest BCUT2D eigenvalue weighted by Crippen LogP contribution is -2.25. The first kappa shape index (κ1) is 73.6. The Hall–Kier alpha value is -14.2. The molecule has 0 bridgehead atoms. The van der Waals surface area contributed by atoms with E-state index in [0.717, 1.165) is 143 Å². The van der Waals surface area contributed by atoms with Gasteiger partial charge in [0.25, 0.3) is 17.7 Å². The minimum absolute atomic E-state index is 0. The molecule has 0 radical (unpaired) electrons. The van der Waals surface area contributed by atoms with E-state index in [1.54, 1.807) is 70.9 Å². The van der Waals surface area contributed by atoms with Crippen molar-refractivity contribution in [1.82, 2.24) is 103 Å². The fourth-order valence-corrected chi connectivity index (χ4v) is 17.0. The molecule has 6 aliphatic rings. The summed E-state index contributed by atoms with van der Waals surface area (Å²) >= 11 is 3.43. The molecule has 17 aromatic rings. The highest BCUT2D eigenvalue weighted by Gasteiger charge is 2.33. The van der Waals surface area contributed by atoms with Crippen molar-refractivity contribution in [3.8, 4) is 34.3 Å². The minimum Gasteiger partial charge on any atom is -0.369 e. The maximum Gasteiger partial charge on any atom is 0.273 e. The number of hydrogen-bond acceptors (Lipinski definition) is 17. The quantitative estimate of drug-likeness (QED) is 0.138. The van der Waals surface area contributed by atoms with Crippen LogP contribution >= 0.6 is 22.7 Å². The lowest BCUT2D eigenvalue weighted by Gasteiger charge is -2.18. The van der Waals surface area contributed by atoms with Crippen molar-refractivity contribution in [2.75, 3.05) is 42.3 Å². The van der Waals surface area contributed by atoms with E-state index in [0.29, 0.717) is 36.7 Å². The highest BCUT2D eigenvalue weighted by molar-refractivity contribution is 7.10. The molecule has 115 heavy (non-hydrogen) atoms. The van der Waals surface area contributed by atoms with Crippen LogP contribution in [0.25, 0.3) is 106 Å². The summed E-state index contributed by atoms with van der Waals surface area (Å²) in [5.74, 6) is 0.692. The van der Waals surface area contributed by atoms with Crippen LogP contribution in [0.5, 0.6) is 0 Å². The molecule has 0 saturated carbocycles. The van der Waals surface area contributed by atoms with Crippen molar-refractivity contribution < 1.29 is 14.4 Å². The van der Waals surface area contributed by atoms with Crippen LogP contribution in [0.15, 0.2) is 256 Å². The second-order valence-corrected chi connectivity index (χ2v) is 30.5. The second-order valence-electron chi connectivity index (χ2n) is 28.5. The van der Waals surface area contributed by atoms with E-state index in [1.165, 1.54) is 31.8 Å². The Morgan fingerprint density at radius 1 is 0.330 bits per heavy atom. The van der Waals surface area contributed by atoms with Gasteiger partial charge in [-0.05, 0) is 124 Å². The summed E-state index contributed by atoms with van der Waals surface area (Å²) < 4.78 is 11.1. The van der Waals surface area contributed by atoms with Gasteiger partial charge in [0.2, 0.25) is 0 Å². The zero-order valence-corrected chi connectivity index (χ0v) is 64.9. The number of carbonyl (C=O) groups is 3. The molecular weight excluding hydrogens is 1480 g/mol. The summed E-state index contributed by atoms with van der Waals surface area (Å²) in [5.41, 5.74) is 20.8. The van der Waals surface area contributed by atoms with Gasteiger partial charge in [0.05, 0.1) is 141 Å². The van der Waals surface area contributed by atoms with E-state index in [2.05, 4.69) is 143 Å². The predicted molar refractivity (Wildman–Crippen MR) is 454 cm³/mol. The molecule has 6 aliphatic heterocycles. The molecule has 11 aromatic heterocycles. The number of pyridine rings is 3. The third kappa shape index (κ3) is 13.2. The molecule has 17 heterocycles. The van der Waals surface area contributed by atoms with Crippen molar-refractivity contribution in [1.29, 1.82) is 0 Å². The Kier molecular flexibility index (Phi) is 19.3. The number of carbonyl (C=O) groups excluding carboxylic acids is 3. The highest BCUT2D eigenvalue weighted by atomic mass is 32.1. The van der Waals surface area contributed by atoms with E-state index in [-0.39, 0.29) is 25.1 Å². The van der Waals surface area contributed by atoms with Crippen LogP contribution in [0.1, 0.15) is 88.2 Å². The summed E-state index contributed by atoms with van der Waals surface area (Å²) in [5, 5.41) is 37.3. The average molecular weight is 1550 g/mol. The maximum absolute atomic E-state index is 12.9. The van der Waals surface area contributed by atoms with Gasteiger partial charge >= 0.3 is 0 Å². The van der Waals surface area contributed by atoms with Crippen molar-refractivity contribution in [2.24, 2.45) is 0 Å². The number of para-hydroxylation sites is 1. The molecule has 0 spiro atoms. The zero-order chi connectivity index (χ0) is 78.2. The summed E-state index contributed by atoms with van der Waals surface area (Å²) in [6.45, 7) is 16.6. The zero-order valence-electron chi connectivity index (χ0n) is 63.3. The number of aromatic nitrogens is 15. The molecule has 0 saturated heterocycles. The fraction of sp³-hybridized carbons (Fsp3) is 0.146. The van der Waals surface area contributed by atoms with Crippen LogP contribution < -0.4 is 0 Å². The minimum atomic E-state index is -0.0363. The van der Waals surface area contributed by atoms with Gasteiger partial charge in [0.15, 0.2) is 5.82 Å². The highest BCUT2D eigenvalue weighted by Crippen LogP contribution is 2.37. The number of thiophene rings is 2. The number of amides is 3. The topological polar surface area (TPSA) is 216 Å². The van der Waals surface area contributed by atoms with Crippen molar-refractivity contribution in [3.05, 3.63) is 322 Å². The third-order valence-electron chi connectivity index (χ3n) is 21.2. The van der Waals surface area contributed by atoms with Gasteiger partial charge in [-0.2, -0.15) is 30.6 Å². The Bertz CT molecular complexity index is 6720. The lowest BCUT2D eigenvalue weighted by molar-refractivity contribution is 0.0775. The maximum atomic E-state index is 12.9. The van der Waals surface area contributed by atoms with E-state index < -0.39 is 0 Å². The normalized spacial score (nSPS) is 14.1. The van der Waals surface area contributed by atoms with E-state index >= 15 is 0 Å². The number of fused-ring (bicyclic) bond motifs is 26. The number of rotatable bonds is 0. The van der Waals surface area contributed by atoms with Crippen LogP contribution in [0.2, 0.25) is 0 Å². The van der Waals surface area contributed by atoms with Gasteiger partial charge in [-0.15, -0.1) is 22.7 Å². The van der Waals surface area contributed by atoms with Crippen LogP contribution in [0.3, 0.4) is 0 Å². The largest absolute Gasteiger partial charge is 0.369 e. The molecular formula is C89H79N21O3S2. The molecule has 570 valence electrons. The van der Waals surface area contributed by atoms with Crippen LogP contribution in [-0.2, 0) is 39.3 Å². The van der Waals surface area contributed by atoms with Crippen molar-refractivity contribution in [2.45, 2.75) is 46.7 Å². The summed E-state index contributed by atoms with van der Waals surface area (Å²) in [7, 11) is 11.6. The molecule has 0 aliphatic carbocycles. The summed E-state index contributed by atoms with van der Waals surface area (Å²) in [6.07, 6.45) is 8.99. The van der Waals surface area contributed by atoms with Crippen molar-refractivity contribution >= 4 is 112 Å². The Morgan fingerprint density at radius 2 is 0.704 bits per heavy atom. The van der Waals surface area contributed by atoms with E-state index in [9.17, 15) is 14.4 Å². The molecule has 3 amide bonds. The standard InChI is InChI=1S/C19H14N4O.C17H15N3.C15H12N4O.C14H11N3OS.C12H12N4.C11H11N3S.CH4/c1-22-11-13-10-12-6-2-4-8-15(12)20-18(13)23-17(19(22)24)14-7-3-5-9-16(14)21-23;1-12-16-7-8-18-20(16)17-10-14-6-4-3-5-13(14)9-15(17)11-19(12)2;1-18-9-12-13(7-4-8-16-12)19-14(15(18)20)10-5-2-3-6-11(10)17-19;1-16-8-12-11(6-7-19-12)17-13(14(16)18)9-4-2-3-5-10(9)15-17;1-9-11-5-7-14-16(11)12-4-3-6-13-10(12)8-15(9)2;1-8-9-3-5-12-14(9)10-4-6-15-11(10)7-13(8)2;/h2-10H,11H2,1H3;3-10H,1,11H2,2H3;2-8H,9H2,1H3;2-7H,8H2,1H3;3-7H,1,8H2,2H3;3-6H,1,7H2,2H3;1H4. The summed E-state index contributed by atoms with van der Waals surface area (Å²) in [6, 6.07) is 64.1. The van der Waals surface area contributed by atoms with Gasteiger partial charge < -0.3 is 29.4 Å². The Labute approximate surface area is 670 Å². The van der Waals surface area contributed by atoms with E-state index in [4.69, 9.17) is 4.98 Å². The SMILES string of the molecule is C.C=C1c2ccnn2-c2cc3ccccc3cc2CN1C.C=C1c2ccnn2-c2cccnc2CN1C.C=C1c2ccnn2-c2ccsc2CN1C.CN1Cc2cc3ccccc3nc2-n2nc3ccccc3c2C1=O.CN1Cc2ncccc2-n2nc3ccccc3c2C1=O.CN1Cc2sccc2-n2nc3ccccc3c2C1=O. The molecule has 0 fully saturated rings. The number of benzene rings is 6. The molecule has 0 unspecified atom stereocenters. The molecule has 23 rings (SSSR count). The molecule has 0 N–H and O–H groups in total. The first-order valence-corrected chi connectivity index (χ1v) is 38.7. The Morgan fingerprint density at radius 3 is 1.25 bits per heavy atom. The molecule has 6 aromatic carbocycles. The van der Waals surface area contributed by atoms with E-state index in [1.807, 2.05) is 205 Å². The first-order chi connectivity index (χ1) is 55.5. The smallest absolute Gasteiger partial charge is 0.273 e. The molecule has 26 heteroatoms. The van der Waals surface area contributed by atoms with Gasteiger partial charge in [-0.25, -0.2) is 33.1 Å². The predicted octanol–water partition coefficient (Wildman–Crippen LogP) is 15.9. The monoisotopic (exact) mass is 1550 g/mol. The van der Waals surface area contributed by atoms with Gasteiger partial charge in [-0.1, -0.05) is 124 Å². The van der Waals surface area contributed by atoms with Gasteiger partial charge in [0, 0.05) is 105 Å². The lowest BCUT2D eigenvalue weighted by atomic mass is 10.0.